The molecule has 0 aromatic heterocycles. The maximum absolute atomic E-state index is 10.6. The fraction of sp³-hybridized carbons (Fsp3) is 0.375. The molecule has 0 atom stereocenters. The third kappa shape index (κ3) is 2.48. The zero-order valence-corrected chi connectivity index (χ0v) is 6.74. The Hall–Kier alpha value is -1.13. The third-order valence-corrected chi connectivity index (χ3v) is 1.47. The minimum atomic E-state index is -1.76. The molecule has 1 aliphatic rings. The molecule has 1 rings (SSSR count). The van der Waals surface area contributed by atoms with Crippen molar-refractivity contribution in [2.75, 3.05) is 0 Å². The maximum Gasteiger partial charge on any atom is 0.221 e. The number of hydrogen-bond donors (Lipinski definition) is 3. The number of allylic oxidation sites excluding steroid dienone is 1. The average Bonchev–Trinajstić information content (AvgIpc) is 1.93. The zero-order chi connectivity index (χ0) is 9.19. The van der Waals surface area contributed by atoms with Crippen LogP contribution in [0.4, 0.5) is 0 Å². The van der Waals surface area contributed by atoms with Crippen LogP contribution in [0.5, 0.6) is 0 Å². The van der Waals surface area contributed by atoms with Gasteiger partial charge in [-0.3, -0.25) is 4.79 Å². The number of nitrogens with one attached hydrogen (secondary N) is 1. The quantitative estimate of drug-likeness (QED) is 0.470. The summed E-state index contributed by atoms with van der Waals surface area (Å²) in [6, 6.07) is 0. The number of rotatable bonds is 1. The monoisotopic (exact) mass is 169 g/mol. The predicted octanol–water partition coefficient (Wildman–Crippen LogP) is -0.353. The van der Waals surface area contributed by atoms with Gasteiger partial charge in [-0.15, -0.1) is 0 Å². The Balaban J connectivity index is 2.58. The highest BCUT2D eigenvalue weighted by molar-refractivity contribution is 5.75. The molecule has 0 fully saturated rings. The van der Waals surface area contributed by atoms with Crippen molar-refractivity contribution in [2.45, 2.75) is 19.1 Å². The number of carbonyl (C=O) groups excluding carboxylic acids is 1. The van der Waals surface area contributed by atoms with Gasteiger partial charge >= 0.3 is 0 Å². The van der Waals surface area contributed by atoms with Crippen LogP contribution in [-0.4, -0.2) is 21.9 Å². The summed E-state index contributed by atoms with van der Waals surface area (Å²) in [5.74, 6) is -1.93. The lowest BCUT2D eigenvalue weighted by Gasteiger charge is -2.19. The molecule has 0 saturated heterocycles. The molecule has 0 radical (unpaired) electrons. The highest BCUT2D eigenvalue weighted by Crippen LogP contribution is 2.16. The molecule has 3 N–H and O–H groups in total. The lowest BCUT2D eigenvalue weighted by molar-refractivity contribution is -0.119. The summed E-state index contributed by atoms with van der Waals surface area (Å²) in [5, 5.41) is 20.6. The minimum absolute atomic E-state index is 0.0963. The summed E-state index contributed by atoms with van der Waals surface area (Å²) in [6.45, 7) is 1.40. The molecule has 0 unspecified atom stereocenters. The topological polar surface area (TPSA) is 69.6 Å². The van der Waals surface area contributed by atoms with E-state index >= 15 is 0 Å². The summed E-state index contributed by atoms with van der Waals surface area (Å²) in [6.07, 6.45) is 4.35. The number of aliphatic hydroxyl groups is 2. The van der Waals surface area contributed by atoms with E-state index < -0.39 is 5.79 Å². The zero-order valence-electron chi connectivity index (χ0n) is 6.74. The molecule has 0 aromatic rings. The van der Waals surface area contributed by atoms with Crippen LogP contribution in [0.2, 0.25) is 0 Å². The van der Waals surface area contributed by atoms with Gasteiger partial charge < -0.3 is 15.5 Å². The summed E-state index contributed by atoms with van der Waals surface area (Å²) in [5.41, 5.74) is 0.598. The van der Waals surface area contributed by atoms with Crippen molar-refractivity contribution in [2.24, 2.45) is 0 Å². The third-order valence-electron chi connectivity index (χ3n) is 1.47. The smallest absolute Gasteiger partial charge is 0.221 e. The summed E-state index contributed by atoms with van der Waals surface area (Å²) < 4.78 is 0. The molecule has 1 amide bonds. The van der Waals surface area contributed by atoms with Crippen molar-refractivity contribution < 1.29 is 15.0 Å². The number of carbonyl (C=O) groups is 1. The predicted molar refractivity (Wildman–Crippen MR) is 42.8 cm³/mol. The molecule has 4 nitrogen and oxygen atoms in total. The first-order chi connectivity index (χ1) is 5.49. The molecule has 12 heavy (non-hydrogen) atoms. The minimum Gasteiger partial charge on any atom is -0.362 e. The van der Waals surface area contributed by atoms with Crippen LogP contribution in [0.15, 0.2) is 23.9 Å². The molecule has 66 valence electrons. The SMILES string of the molecule is CC(=O)NC1=CCC(O)(O)C=C1. The van der Waals surface area contributed by atoms with Crippen LogP contribution in [-0.2, 0) is 4.79 Å². The first-order valence-electron chi connectivity index (χ1n) is 3.61. The van der Waals surface area contributed by atoms with E-state index in [-0.39, 0.29) is 12.3 Å². The normalized spacial score (nSPS) is 20.1. The van der Waals surface area contributed by atoms with Crippen molar-refractivity contribution >= 4 is 5.91 Å². The van der Waals surface area contributed by atoms with Crippen molar-refractivity contribution in [3.8, 4) is 0 Å². The van der Waals surface area contributed by atoms with Crippen LogP contribution >= 0.6 is 0 Å². The fourth-order valence-corrected chi connectivity index (χ4v) is 0.915. The van der Waals surface area contributed by atoms with E-state index in [0.29, 0.717) is 5.70 Å². The molecular formula is C8H11NO3. The fourth-order valence-electron chi connectivity index (χ4n) is 0.915. The van der Waals surface area contributed by atoms with Gasteiger partial charge in [0.25, 0.3) is 0 Å². The van der Waals surface area contributed by atoms with E-state index in [0.717, 1.165) is 0 Å². The Kier molecular flexibility index (Phi) is 2.30. The van der Waals surface area contributed by atoms with E-state index in [1.54, 1.807) is 6.08 Å². The van der Waals surface area contributed by atoms with E-state index in [9.17, 15) is 4.79 Å². The standard InChI is InChI=1S/C8H11NO3/c1-6(10)9-7-2-4-8(11,12)5-3-7/h2-4,11-12H,5H2,1H3,(H,9,10). The van der Waals surface area contributed by atoms with Gasteiger partial charge in [-0.05, 0) is 12.2 Å². The van der Waals surface area contributed by atoms with Gasteiger partial charge in [0, 0.05) is 19.0 Å². The number of amides is 1. The van der Waals surface area contributed by atoms with E-state index in [1.807, 2.05) is 0 Å². The van der Waals surface area contributed by atoms with Crippen molar-refractivity contribution in [1.29, 1.82) is 0 Å². The van der Waals surface area contributed by atoms with Gasteiger partial charge in [-0.1, -0.05) is 6.08 Å². The second-order valence-electron chi connectivity index (χ2n) is 2.76. The van der Waals surface area contributed by atoms with Gasteiger partial charge in [-0.2, -0.15) is 0 Å². The second kappa shape index (κ2) is 3.08. The summed E-state index contributed by atoms with van der Waals surface area (Å²) in [4.78, 5) is 10.6. The Labute approximate surface area is 70.2 Å². The van der Waals surface area contributed by atoms with Gasteiger partial charge in [0.1, 0.15) is 0 Å². The molecule has 0 spiro atoms. The first-order valence-corrected chi connectivity index (χ1v) is 3.61. The lowest BCUT2D eigenvalue weighted by atomic mass is 10.1. The van der Waals surface area contributed by atoms with E-state index in [2.05, 4.69) is 5.32 Å². The Morgan fingerprint density at radius 2 is 2.33 bits per heavy atom. The van der Waals surface area contributed by atoms with Crippen LogP contribution in [0.3, 0.4) is 0 Å². The van der Waals surface area contributed by atoms with Gasteiger partial charge in [0.15, 0.2) is 5.79 Å². The van der Waals surface area contributed by atoms with E-state index in [1.165, 1.54) is 19.1 Å². The molecule has 0 heterocycles. The molecular weight excluding hydrogens is 158 g/mol. The maximum atomic E-state index is 10.6. The lowest BCUT2D eigenvalue weighted by Crippen LogP contribution is -2.28. The summed E-state index contributed by atoms with van der Waals surface area (Å²) >= 11 is 0. The Morgan fingerprint density at radius 3 is 2.75 bits per heavy atom. The van der Waals surface area contributed by atoms with Crippen molar-refractivity contribution in [1.82, 2.24) is 5.32 Å². The van der Waals surface area contributed by atoms with Crippen molar-refractivity contribution in [3.05, 3.63) is 23.9 Å². The molecule has 0 saturated carbocycles. The van der Waals surface area contributed by atoms with Gasteiger partial charge in [0.05, 0.1) is 0 Å². The molecule has 0 bridgehead atoms. The van der Waals surface area contributed by atoms with Crippen LogP contribution in [0.1, 0.15) is 13.3 Å². The first kappa shape index (κ1) is 8.96. The van der Waals surface area contributed by atoms with Crippen LogP contribution in [0, 0.1) is 0 Å². The Bertz CT molecular complexity index is 253. The molecule has 0 aliphatic heterocycles. The van der Waals surface area contributed by atoms with Crippen LogP contribution in [0.25, 0.3) is 0 Å². The second-order valence-corrected chi connectivity index (χ2v) is 2.76. The highest BCUT2D eigenvalue weighted by Gasteiger charge is 2.20. The molecule has 0 aromatic carbocycles. The van der Waals surface area contributed by atoms with Crippen molar-refractivity contribution in [3.63, 3.8) is 0 Å². The number of hydrogen-bond acceptors (Lipinski definition) is 3. The molecule has 1 aliphatic carbocycles. The highest BCUT2D eigenvalue weighted by atomic mass is 16.5. The Morgan fingerprint density at radius 1 is 1.67 bits per heavy atom. The largest absolute Gasteiger partial charge is 0.362 e. The van der Waals surface area contributed by atoms with Crippen LogP contribution < -0.4 is 5.32 Å². The average molecular weight is 169 g/mol. The van der Waals surface area contributed by atoms with Gasteiger partial charge in [-0.25, -0.2) is 0 Å². The molecule has 4 heteroatoms. The van der Waals surface area contributed by atoms with E-state index in [4.69, 9.17) is 10.2 Å². The summed E-state index contributed by atoms with van der Waals surface area (Å²) in [7, 11) is 0. The van der Waals surface area contributed by atoms with Gasteiger partial charge in [0.2, 0.25) is 5.91 Å².